The molecular weight excluding hydrogens is 172 g/mol. The van der Waals surface area contributed by atoms with E-state index in [-0.39, 0.29) is 0 Å². The first-order valence-corrected chi connectivity index (χ1v) is 5.55. The van der Waals surface area contributed by atoms with Gasteiger partial charge < -0.3 is 4.74 Å². The minimum atomic E-state index is 0.572. The van der Waals surface area contributed by atoms with Crippen LogP contribution >= 0.6 is 0 Å². The maximum absolute atomic E-state index is 5.59. The number of rotatable bonds is 3. The molecule has 1 heterocycles. The van der Waals surface area contributed by atoms with Crippen LogP contribution in [0.1, 0.15) is 50.3 Å². The molecule has 1 aliphatic rings. The molecule has 1 aromatic carbocycles. The Morgan fingerprint density at radius 2 is 1.86 bits per heavy atom. The van der Waals surface area contributed by atoms with E-state index in [0.717, 1.165) is 18.6 Å². The second kappa shape index (κ2) is 3.30. The summed E-state index contributed by atoms with van der Waals surface area (Å²) in [7, 11) is 0. The summed E-state index contributed by atoms with van der Waals surface area (Å²) < 4.78 is 5.59. The summed E-state index contributed by atoms with van der Waals surface area (Å²) in [6.45, 7) is 8.86. The quantitative estimate of drug-likeness (QED) is 0.665. The number of ether oxygens (including phenoxy) is 1. The Labute approximate surface area is 86.1 Å². The van der Waals surface area contributed by atoms with Crippen molar-refractivity contribution in [3.05, 3.63) is 22.8 Å². The van der Waals surface area contributed by atoms with Crippen LogP contribution in [0, 0.1) is 0 Å². The van der Waals surface area contributed by atoms with Gasteiger partial charge in [-0.25, -0.2) is 0 Å². The molecule has 0 aliphatic carbocycles. The van der Waals surface area contributed by atoms with Crippen molar-refractivity contribution in [2.75, 3.05) is 0 Å². The predicted molar refractivity (Wildman–Crippen MR) is 59.4 cm³/mol. The monoisotopic (exact) mass is 190 g/mol. The molecule has 0 saturated heterocycles. The smallest absolute Gasteiger partial charge is 0.173 e. The van der Waals surface area contributed by atoms with Crippen molar-refractivity contribution >= 4 is 0 Å². The van der Waals surface area contributed by atoms with Gasteiger partial charge in [0.25, 0.3) is 0 Å². The third-order valence-corrected chi connectivity index (χ3v) is 2.98. The predicted octanol–water partition coefficient (Wildman–Crippen LogP) is 4.04. The van der Waals surface area contributed by atoms with Gasteiger partial charge >= 0.3 is 0 Å². The molecule has 0 unspecified atom stereocenters. The van der Waals surface area contributed by atoms with E-state index < -0.39 is 0 Å². The highest BCUT2D eigenvalue weighted by Crippen LogP contribution is 2.54. The highest BCUT2D eigenvalue weighted by atomic mass is 16.6. The second-order valence-corrected chi connectivity index (χ2v) is 4.23. The summed E-state index contributed by atoms with van der Waals surface area (Å²) in [6, 6.07) is 2.33. The average molecular weight is 190 g/mol. The molecule has 2 rings (SSSR count). The molecular formula is C13H18O. The molecule has 0 atom stereocenters. The summed E-state index contributed by atoms with van der Waals surface area (Å²) >= 11 is 0. The minimum absolute atomic E-state index is 0.572. The molecule has 0 bridgehead atoms. The van der Waals surface area contributed by atoms with E-state index >= 15 is 0 Å². The van der Waals surface area contributed by atoms with Crippen molar-refractivity contribution in [1.82, 2.24) is 0 Å². The van der Waals surface area contributed by atoms with Crippen LogP contribution in [0.4, 0.5) is 0 Å². The lowest BCUT2D eigenvalue weighted by Gasteiger charge is -2.07. The molecule has 76 valence electrons. The maximum atomic E-state index is 5.59. The Morgan fingerprint density at radius 3 is 2.36 bits per heavy atom. The van der Waals surface area contributed by atoms with Gasteiger partial charge in [0.2, 0.25) is 0 Å². The van der Waals surface area contributed by atoms with Crippen molar-refractivity contribution in [3.8, 4) is 11.5 Å². The van der Waals surface area contributed by atoms with Gasteiger partial charge in [-0.05, 0) is 24.3 Å². The van der Waals surface area contributed by atoms with Crippen LogP contribution in [0.2, 0.25) is 0 Å². The molecule has 1 aromatic rings. The number of aryl methyl sites for hydroxylation is 1. The zero-order valence-corrected chi connectivity index (χ0v) is 9.48. The number of hydrogen-bond donors (Lipinski definition) is 0. The lowest BCUT2D eigenvalue weighted by Crippen LogP contribution is -1.91. The second-order valence-electron chi connectivity index (χ2n) is 4.23. The highest BCUT2D eigenvalue weighted by Gasteiger charge is 2.30. The molecule has 0 fully saturated rings. The molecule has 0 saturated carbocycles. The van der Waals surface area contributed by atoms with Crippen LogP contribution < -0.4 is 4.74 Å². The van der Waals surface area contributed by atoms with Crippen molar-refractivity contribution in [2.45, 2.75) is 46.5 Å². The normalized spacial score (nSPS) is 12.6. The molecule has 14 heavy (non-hydrogen) atoms. The van der Waals surface area contributed by atoms with Crippen molar-refractivity contribution in [1.29, 1.82) is 0 Å². The lowest BCUT2D eigenvalue weighted by molar-refractivity contribution is 0.634. The van der Waals surface area contributed by atoms with Gasteiger partial charge in [-0.2, -0.15) is 0 Å². The van der Waals surface area contributed by atoms with Gasteiger partial charge in [0, 0.05) is 11.1 Å². The van der Waals surface area contributed by atoms with Crippen molar-refractivity contribution in [3.63, 3.8) is 0 Å². The molecule has 0 radical (unpaired) electrons. The Kier molecular flexibility index (Phi) is 2.26. The first-order chi connectivity index (χ1) is 6.69. The van der Waals surface area contributed by atoms with Gasteiger partial charge in [-0.3, -0.25) is 0 Å². The minimum Gasteiger partial charge on any atom is -0.449 e. The molecule has 1 heteroatoms. The fraction of sp³-hybridized carbons (Fsp3) is 0.538. The Morgan fingerprint density at radius 1 is 1.14 bits per heavy atom. The topological polar surface area (TPSA) is 12.5 Å². The molecule has 0 N–H and O–H groups in total. The van der Waals surface area contributed by atoms with Crippen LogP contribution in [0.25, 0.3) is 0 Å². The summed E-state index contributed by atoms with van der Waals surface area (Å²) in [5.74, 6) is 2.91. The van der Waals surface area contributed by atoms with E-state index in [1.807, 2.05) is 0 Å². The van der Waals surface area contributed by atoms with Crippen LogP contribution in [-0.2, 0) is 12.8 Å². The number of benzene rings is 1. The van der Waals surface area contributed by atoms with E-state index in [4.69, 9.17) is 4.74 Å². The molecule has 0 aromatic heterocycles. The van der Waals surface area contributed by atoms with Crippen LogP contribution in [0.3, 0.4) is 0 Å². The van der Waals surface area contributed by atoms with Gasteiger partial charge in [-0.1, -0.05) is 33.8 Å². The average Bonchev–Trinajstić information content (AvgIpc) is 2.93. The van der Waals surface area contributed by atoms with Gasteiger partial charge in [0.15, 0.2) is 11.5 Å². The third kappa shape index (κ3) is 1.31. The van der Waals surface area contributed by atoms with Crippen molar-refractivity contribution < 1.29 is 4.74 Å². The molecule has 0 amide bonds. The van der Waals surface area contributed by atoms with E-state index in [1.165, 1.54) is 22.4 Å². The van der Waals surface area contributed by atoms with E-state index in [0.29, 0.717) is 5.92 Å². The fourth-order valence-corrected chi connectivity index (χ4v) is 2.08. The van der Waals surface area contributed by atoms with Crippen LogP contribution in [0.15, 0.2) is 6.07 Å². The van der Waals surface area contributed by atoms with Gasteiger partial charge in [-0.15, -0.1) is 0 Å². The zero-order valence-electron chi connectivity index (χ0n) is 9.48. The fourth-order valence-electron chi connectivity index (χ4n) is 2.08. The summed E-state index contributed by atoms with van der Waals surface area (Å²) in [5, 5.41) is 0. The maximum Gasteiger partial charge on any atom is 0.173 e. The van der Waals surface area contributed by atoms with Crippen LogP contribution in [-0.4, -0.2) is 0 Å². The van der Waals surface area contributed by atoms with Crippen LogP contribution in [0.5, 0.6) is 11.5 Å². The largest absolute Gasteiger partial charge is 0.449 e. The SMILES string of the molecule is CCc1cc(C(C)C)c2c(c1CC)O2. The summed E-state index contributed by atoms with van der Waals surface area (Å²) in [6.07, 6.45) is 2.20. The Balaban J connectivity index is 2.51. The lowest BCUT2D eigenvalue weighted by atomic mass is 9.95. The van der Waals surface area contributed by atoms with Gasteiger partial charge in [0.05, 0.1) is 0 Å². The summed E-state index contributed by atoms with van der Waals surface area (Å²) in [4.78, 5) is 0. The van der Waals surface area contributed by atoms with Crippen molar-refractivity contribution in [2.24, 2.45) is 0 Å². The standard InChI is InChI=1S/C13H18O/c1-5-9-7-11(8(3)4)13-12(14-13)10(9)6-2/h7-8H,5-6H2,1-4H3. The molecule has 0 spiro atoms. The number of fused-ring (bicyclic) bond motifs is 1. The zero-order chi connectivity index (χ0) is 10.3. The Hall–Kier alpha value is -0.980. The summed E-state index contributed by atoms with van der Waals surface area (Å²) in [5.41, 5.74) is 4.27. The van der Waals surface area contributed by atoms with E-state index in [9.17, 15) is 0 Å². The van der Waals surface area contributed by atoms with Gasteiger partial charge in [0.1, 0.15) is 0 Å². The third-order valence-electron chi connectivity index (χ3n) is 2.98. The number of hydrogen-bond acceptors (Lipinski definition) is 1. The van der Waals surface area contributed by atoms with E-state index in [2.05, 4.69) is 33.8 Å². The first kappa shape index (κ1) is 9.57. The molecule has 1 nitrogen and oxygen atoms in total. The first-order valence-electron chi connectivity index (χ1n) is 5.55. The highest BCUT2D eigenvalue weighted by molar-refractivity contribution is 5.67. The Bertz CT molecular complexity index is 364. The van der Waals surface area contributed by atoms with E-state index in [1.54, 1.807) is 0 Å². The molecule has 1 aliphatic heterocycles.